The van der Waals surface area contributed by atoms with Crippen LogP contribution in [0, 0.1) is 0 Å². The van der Waals surface area contributed by atoms with E-state index in [2.05, 4.69) is 13.8 Å². The predicted octanol–water partition coefficient (Wildman–Crippen LogP) is 1.47. The van der Waals surface area contributed by atoms with Crippen LogP contribution in [-0.4, -0.2) is 38.2 Å². The van der Waals surface area contributed by atoms with E-state index in [-0.39, 0.29) is 32.1 Å². The van der Waals surface area contributed by atoms with E-state index in [9.17, 15) is 9.36 Å². The average Bonchev–Trinajstić information content (AvgIpc) is 1.87. The van der Waals surface area contributed by atoms with Gasteiger partial charge in [0.2, 0.25) is 0 Å². The molecule has 1 radical (unpaired) electrons. The molecule has 0 aromatic heterocycles. The van der Waals surface area contributed by atoms with Crippen molar-refractivity contribution in [2.24, 2.45) is 0 Å². The van der Waals surface area contributed by atoms with Crippen LogP contribution in [0.5, 0.6) is 0 Å². The molecule has 65 valence electrons. The summed E-state index contributed by atoms with van der Waals surface area (Å²) in [6, 6.07) is 0. The molecule has 12 heavy (non-hydrogen) atoms. The van der Waals surface area contributed by atoms with Crippen molar-refractivity contribution in [2.45, 2.75) is 13.8 Å². The van der Waals surface area contributed by atoms with Crippen molar-refractivity contribution in [2.75, 3.05) is 13.2 Å². The molecule has 0 heterocycles. The van der Waals surface area contributed by atoms with Crippen LogP contribution in [0.2, 0.25) is 0 Å². The Hall–Kier alpha value is -0.0726. The molecule has 5 nitrogen and oxygen atoms in total. The first-order chi connectivity index (χ1) is 5.20. The van der Waals surface area contributed by atoms with E-state index in [1.54, 1.807) is 13.8 Å². The summed E-state index contributed by atoms with van der Waals surface area (Å²) in [6.07, 6.45) is -0.970. The molecule has 1 unspecified atom stereocenters. The first-order valence-electron chi connectivity index (χ1n) is 3.15. The van der Waals surface area contributed by atoms with E-state index in [4.69, 9.17) is 0 Å². The first kappa shape index (κ1) is 14.5. The molecule has 0 fully saturated rings. The molecule has 0 saturated carbocycles. The number of ether oxygens (including phenoxy) is 1. The van der Waals surface area contributed by atoms with Gasteiger partial charge in [0.25, 0.3) is 0 Å². The first-order valence-corrected chi connectivity index (χ1v) is 4.25. The van der Waals surface area contributed by atoms with Crippen LogP contribution in [0.3, 0.4) is 0 Å². The van der Waals surface area contributed by atoms with Crippen molar-refractivity contribution in [1.29, 1.82) is 0 Å². The van der Waals surface area contributed by atoms with Gasteiger partial charge in [0, 0.05) is 23.4 Å². The summed E-state index contributed by atoms with van der Waals surface area (Å²) in [5.41, 5.74) is 0. The number of hydrogen-bond donors (Lipinski definition) is 0. The van der Waals surface area contributed by atoms with Crippen molar-refractivity contribution in [3.63, 3.8) is 0 Å². The van der Waals surface area contributed by atoms with Gasteiger partial charge in [-0.05, 0) is 13.8 Å². The van der Waals surface area contributed by atoms with Gasteiger partial charge >= 0.3 is 14.4 Å². The van der Waals surface area contributed by atoms with Gasteiger partial charge in [-0.1, -0.05) is 0 Å². The molecule has 0 aromatic carbocycles. The summed E-state index contributed by atoms with van der Waals surface area (Å²) in [5, 5.41) is 0. The van der Waals surface area contributed by atoms with Crippen molar-refractivity contribution in [1.82, 2.24) is 0 Å². The third-order valence-electron chi connectivity index (χ3n) is 0.646. The van der Waals surface area contributed by atoms with Crippen LogP contribution in [-0.2, 0) is 18.3 Å². The normalized spacial score (nSPS) is 9.67. The fraction of sp³-hybridized carbons (Fsp3) is 0.800. The third-order valence-corrected chi connectivity index (χ3v) is 1.41. The Labute approximate surface area is 83.9 Å². The van der Waals surface area contributed by atoms with Crippen LogP contribution in [0.4, 0.5) is 4.79 Å². The second-order valence-electron chi connectivity index (χ2n) is 1.42. The van der Waals surface area contributed by atoms with Crippen molar-refractivity contribution < 1.29 is 23.1 Å². The molecule has 0 N–H and O–H groups in total. The summed E-state index contributed by atoms with van der Waals surface area (Å²) in [7, 11) is -2.36. The molecule has 0 aliphatic carbocycles. The SMILES string of the molecule is CCOC(=O)O[P+](=O)OCC.[Li]. The molecule has 0 aliphatic heterocycles. The van der Waals surface area contributed by atoms with Crippen LogP contribution >= 0.6 is 8.25 Å². The maximum atomic E-state index is 10.5. The molecular weight excluding hydrogens is 178 g/mol. The molecule has 0 amide bonds. The van der Waals surface area contributed by atoms with Crippen LogP contribution in [0.25, 0.3) is 0 Å². The second kappa shape index (κ2) is 9.02. The Morgan fingerprint density at radius 1 is 1.33 bits per heavy atom. The zero-order valence-electron chi connectivity index (χ0n) is 7.40. The molecule has 0 aliphatic rings. The molecule has 0 bridgehead atoms. The minimum Gasteiger partial charge on any atom is -0.432 e. The van der Waals surface area contributed by atoms with Gasteiger partial charge in [0.05, 0.1) is 6.61 Å². The summed E-state index contributed by atoms with van der Waals surface area (Å²) in [6.45, 7) is 3.68. The Bertz CT molecular complexity index is 135. The largest absolute Gasteiger partial charge is 0.756 e. The Morgan fingerprint density at radius 2 is 1.92 bits per heavy atom. The van der Waals surface area contributed by atoms with Gasteiger partial charge in [-0.2, -0.15) is 4.79 Å². The number of hydrogen-bond acceptors (Lipinski definition) is 5. The Balaban J connectivity index is 0. The summed E-state index contributed by atoms with van der Waals surface area (Å²) in [5.74, 6) is 0. The van der Waals surface area contributed by atoms with E-state index in [0.717, 1.165) is 0 Å². The van der Waals surface area contributed by atoms with Gasteiger partial charge in [-0.3, -0.25) is 0 Å². The van der Waals surface area contributed by atoms with E-state index in [1.165, 1.54) is 0 Å². The van der Waals surface area contributed by atoms with Crippen LogP contribution in [0.15, 0.2) is 0 Å². The summed E-state index contributed by atoms with van der Waals surface area (Å²) < 4.78 is 23.5. The van der Waals surface area contributed by atoms with Crippen molar-refractivity contribution in [3.05, 3.63) is 0 Å². The maximum absolute atomic E-state index is 10.5. The Kier molecular flexibility index (Phi) is 10.9. The zero-order valence-corrected chi connectivity index (χ0v) is 8.30. The standard InChI is InChI=1S/C5H10O5P.Li/c1-3-8-5(6)10-11(7)9-4-2;/h3-4H2,1-2H3;/q+1;. The van der Waals surface area contributed by atoms with Gasteiger partial charge in [0.15, 0.2) is 0 Å². The van der Waals surface area contributed by atoms with E-state index in [1.807, 2.05) is 0 Å². The average molecular weight is 188 g/mol. The zero-order chi connectivity index (χ0) is 8.69. The van der Waals surface area contributed by atoms with Gasteiger partial charge in [0.1, 0.15) is 6.61 Å². The molecular formula is C5H10LiO5P+. The molecule has 7 heteroatoms. The smallest absolute Gasteiger partial charge is 0.432 e. The van der Waals surface area contributed by atoms with Crippen molar-refractivity contribution in [3.8, 4) is 0 Å². The fourth-order valence-corrected chi connectivity index (χ4v) is 0.775. The quantitative estimate of drug-likeness (QED) is 0.379. The van der Waals surface area contributed by atoms with Gasteiger partial charge in [-0.15, -0.1) is 9.05 Å². The Morgan fingerprint density at radius 3 is 2.33 bits per heavy atom. The minimum atomic E-state index is -2.36. The number of carbonyl (C=O) groups excluding carboxylic acids is 1. The minimum absolute atomic E-state index is 0. The van der Waals surface area contributed by atoms with E-state index < -0.39 is 14.4 Å². The maximum Gasteiger partial charge on any atom is 0.756 e. The molecule has 0 saturated heterocycles. The van der Waals surface area contributed by atoms with Crippen LogP contribution < -0.4 is 0 Å². The van der Waals surface area contributed by atoms with E-state index in [0.29, 0.717) is 0 Å². The van der Waals surface area contributed by atoms with Gasteiger partial charge in [-0.25, -0.2) is 0 Å². The monoisotopic (exact) mass is 188 g/mol. The third kappa shape index (κ3) is 8.03. The summed E-state index contributed by atoms with van der Waals surface area (Å²) >= 11 is 0. The molecule has 0 rings (SSSR count). The predicted molar refractivity (Wildman–Crippen MR) is 43.1 cm³/mol. The summed E-state index contributed by atoms with van der Waals surface area (Å²) in [4.78, 5) is 10.4. The second-order valence-corrected chi connectivity index (χ2v) is 2.30. The van der Waals surface area contributed by atoms with E-state index >= 15 is 0 Å². The molecule has 0 aromatic rings. The van der Waals surface area contributed by atoms with Gasteiger partial charge < -0.3 is 4.74 Å². The van der Waals surface area contributed by atoms with Crippen molar-refractivity contribution >= 4 is 33.3 Å². The number of rotatable bonds is 4. The topological polar surface area (TPSA) is 61.8 Å². The molecule has 0 spiro atoms. The van der Waals surface area contributed by atoms with Crippen LogP contribution in [0.1, 0.15) is 13.8 Å². The molecule has 1 atom stereocenters. The fourth-order valence-electron chi connectivity index (χ4n) is 0.337. The number of carbonyl (C=O) groups is 1.